The van der Waals surface area contributed by atoms with Crippen LogP contribution < -0.4 is 5.32 Å². The van der Waals surface area contributed by atoms with E-state index in [-0.39, 0.29) is 5.54 Å². The van der Waals surface area contributed by atoms with Crippen molar-refractivity contribution in [2.75, 3.05) is 33.3 Å². The smallest absolute Gasteiger partial charge is 0.106 e. The summed E-state index contributed by atoms with van der Waals surface area (Å²) in [5, 5.41) is 12.9. The standard InChI is InChI=1S/C16H31N3O/c1-4-10-18-16(5-2,14-17)9-7-12-19-11-6-8-15(13-19)20-3/h15,18H,4-13H2,1-3H3. The number of rotatable bonds is 9. The number of hydrogen-bond donors (Lipinski definition) is 1. The lowest BCUT2D eigenvalue weighted by molar-refractivity contribution is 0.0304. The Bertz CT molecular complexity index is 303. The van der Waals surface area contributed by atoms with Gasteiger partial charge in [-0.3, -0.25) is 5.32 Å². The molecule has 0 aromatic carbocycles. The predicted molar refractivity (Wildman–Crippen MR) is 82.6 cm³/mol. The number of hydrogen-bond acceptors (Lipinski definition) is 4. The summed E-state index contributed by atoms with van der Waals surface area (Å²) in [5.41, 5.74) is -0.327. The Morgan fingerprint density at radius 3 is 2.85 bits per heavy atom. The number of methoxy groups -OCH3 is 1. The molecule has 1 heterocycles. The highest BCUT2D eigenvalue weighted by molar-refractivity contribution is 5.06. The summed E-state index contributed by atoms with van der Waals surface area (Å²) in [6, 6.07) is 2.50. The molecule has 1 N–H and O–H groups in total. The van der Waals surface area contributed by atoms with E-state index in [2.05, 4.69) is 30.1 Å². The van der Waals surface area contributed by atoms with Gasteiger partial charge in [0.05, 0.1) is 12.2 Å². The van der Waals surface area contributed by atoms with Gasteiger partial charge < -0.3 is 9.64 Å². The average molecular weight is 281 g/mol. The third-order valence-corrected chi connectivity index (χ3v) is 4.40. The Hall–Kier alpha value is -0.630. The highest BCUT2D eigenvalue weighted by atomic mass is 16.5. The van der Waals surface area contributed by atoms with Crippen molar-refractivity contribution in [3.05, 3.63) is 0 Å². The topological polar surface area (TPSA) is 48.3 Å². The molecule has 0 aromatic rings. The van der Waals surface area contributed by atoms with E-state index in [0.717, 1.165) is 45.3 Å². The van der Waals surface area contributed by atoms with Crippen LogP contribution in [-0.4, -0.2) is 49.8 Å². The van der Waals surface area contributed by atoms with Gasteiger partial charge in [0.15, 0.2) is 0 Å². The zero-order valence-corrected chi connectivity index (χ0v) is 13.5. The predicted octanol–water partition coefficient (Wildman–Crippen LogP) is 2.55. The molecule has 0 aliphatic carbocycles. The first-order valence-electron chi connectivity index (χ1n) is 8.11. The SMILES string of the molecule is CCCNC(C#N)(CC)CCCN1CCCC(OC)C1. The van der Waals surface area contributed by atoms with Gasteiger partial charge >= 0.3 is 0 Å². The Morgan fingerprint density at radius 1 is 1.45 bits per heavy atom. The summed E-state index contributed by atoms with van der Waals surface area (Å²) in [7, 11) is 1.81. The van der Waals surface area contributed by atoms with Gasteiger partial charge in [-0.2, -0.15) is 5.26 Å². The molecule has 1 saturated heterocycles. The summed E-state index contributed by atoms with van der Waals surface area (Å²) >= 11 is 0. The lowest BCUT2D eigenvalue weighted by Gasteiger charge is -2.33. The molecule has 0 spiro atoms. The minimum atomic E-state index is -0.327. The Labute approximate surface area is 124 Å². The molecule has 2 atom stereocenters. The first kappa shape index (κ1) is 17.4. The van der Waals surface area contributed by atoms with Crippen LogP contribution in [0.1, 0.15) is 52.4 Å². The van der Waals surface area contributed by atoms with E-state index in [1.807, 2.05) is 0 Å². The van der Waals surface area contributed by atoms with Gasteiger partial charge in [0.1, 0.15) is 5.54 Å². The van der Waals surface area contributed by atoms with Crippen LogP contribution in [-0.2, 0) is 4.74 Å². The Kier molecular flexibility index (Phi) is 8.13. The maximum Gasteiger partial charge on any atom is 0.106 e. The van der Waals surface area contributed by atoms with Gasteiger partial charge in [-0.15, -0.1) is 0 Å². The van der Waals surface area contributed by atoms with E-state index in [0.29, 0.717) is 6.10 Å². The maximum atomic E-state index is 9.47. The molecule has 0 bridgehead atoms. The van der Waals surface area contributed by atoms with Crippen LogP contribution in [0, 0.1) is 11.3 Å². The van der Waals surface area contributed by atoms with Crippen molar-refractivity contribution in [1.82, 2.24) is 10.2 Å². The molecular weight excluding hydrogens is 250 g/mol. The molecule has 4 heteroatoms. The summed E-state index contributed by atoms with van der Waals surface area (Å²) < 4.78 is 5.46. The molecule has 1 fully saturated rings. The van der Waals surface area contributed by atoms with Gasteiger partial charge in [0.25, 0.3) is 0 Å². The number of nitriles is 1. The first-order valence-corrected chi connectivity index (χ1v) is 8.11. The third-order valence-electron chi connectivity index (χ3n) is 4.40. The van der Waals surface area contributed by atoms with E-state index in [9.17, 15) is 5.26 Å². The van der Waals surface area contributed by atoms with Crippen LogP contribution in [0.4, 0.5) is 0 Å². The van der Waals surface area contributed by atoms with E-state index in [1.54, 1.807) is 7.11 Å². The molecule has 116 valence electrons. The van der Waals surface area contributed by atoms with Crippen molar-refractivity contribution in [3.63, 3.8) is 0 Å². The molecule has 1 rings (SSSR count). The minimum absolute atomic E-state index is 0.327. The van der Waals surface area contributed by atoms with Crippen LogP contribution in [0.5, 0.6) is 0 Å². The van der Waals surface area contributed by atoms with E-state index < -0.39 is 0 Å². The van der Waals surface area contributed by atoms with Crippen molar-refractivity contribution in [1.29, 1.82) is 5.26 Å². The van der Waals surface area contributed by atoms with Gasteiger partial charge in [-0.25, -0.2) is 0 Å². The molecule has 0 amide bonds. The highest BCUT2D eigenvalue weighted by Gasteiger charge is 2.27. The van der Waals surface area contributed by atoms with Gasteiger partial charge in [0, 0.05) is 13.7 Å². The van der Waals surface area contributed by atoms with Gasteiger partial charge in [0.2, 0.25) is 0 Å². The maximum absolute atomic E-state index is 9.47. The molecule has 0 radical (unpaired) electrons. The molecule has 1 aliphatic rings. The van der Waals surface area contributed by atoms with Gasteiger partial charge in [-0.1, -0.05) is 13.8 Å². The zero-order valence-electron chi connectivity index (χ0n) is 13.5. The van der Waals surface area contributed by atoms with Crippen molar-refractivity contribution in [2.24, 2.45) is 0 Å². The number of nitrogens with zero attached hydrogens (tertiary/aromatic N) is 2. The van der Waals surface area contributed by atoms with Crippen LogP contribution in [0.2, 0.25) is 0 Å². The fourth-order valence-electron chi connectivity index (χ4n) is 2.94. The van der Waals surface area contributed by atoms with E-state index in [4.69, 9.17) is 4.74 Å². The van der Waals surface area contributed by atoms with Crippen molar-refractivity contribution < 1.29 is 4.74 Å². The quantitative estimate of drug-likeness (QED) is 0.705. The Balaban J connectivity index is 2.34. The molecule has 4 nitrogen and oxygen atoms in total. The summed E-state index contributed by atoms with van der Waals surface area (Å²) in [5.74, 6) is 0. The zero-order chi connectivity index (χ0) is 14.8. The molecular formula is C16H31N3O. The lowest BCUT2D eigenvalue weighted by Crippen LogP contribution is -2.45. The highest BCUT2D eigenvalue weighted by Crippen LogP contribution is 2.19. The minimum Gasteiger partial charge on any atom is -0.380 e. The third kappa shape index (κ3) is 5.40. The van der Waals surface area contributed by atoms with Gasteiger partial charge in [-0.05, 0) is 58.2 Å². The largest absolute Gasteiger partial charge is 0.380 e. The summed E-state index contributed by atoms with van der Waals surface area (Å²) in [4.78, 5) is 2.48. The second-order valence-electron chi connectivity index (χ2n) is 5.88. The molecule has 0 saturated carbocycles. The number of likely N-dealkylation sites (tertiary alicyclic amines) is 1. The van der Waals surface area contributed by atoms with Crippen LogP contribution >= 0.6 is 0 Å². The first-order chi connectivity index (χ1) is 9.69. The monoisotopic (exact) mass is 281 g/mol. The molecule has 0 aromatic heterocycles. The van der Waals surface area contributed by atoms with Crippen molar-refractivity contribution in [3.8, 4) is 6.07 Å². The van der Waals surface area contributed by atoms with Crippen LogP contribution in [0.3, 0.4) is 0 Å². The normalized spacial score (nSPS) is 23.2. The second kappa shape index (κ2) is 9.33. The van der Waals surface area contributed by atoms with Crippen LogP contribution in [0.25, 0.3) is 0 Å². The van der Waals surface area contributed by atoms with Crippen LogP contribution in [0.15, 0.2) is 0 Å². The average Bonchev–Trinajstić information content (AvgIpc) is 2.51. The fraction of sp³-hybridized carbons (Fsp3) is 0.938. The Morgan fingerprint density at radius 2 is 2.25 bits per heavy atom. The number of ether oxygens (including phenoxy) is 1. The number of piperidine rings is 1. The molecule has 1 aliphatic heterocycles. The summed E-state index contributed by atoms with van der Waals surface area (Å²) in [6.07, 6.45) is 6.78. The van der Waals surface area contributed by atoms with Crippen molar-refractivity contribution >= 4 is 0 Å². The molecule has 20 heavy (non-hydrogen) atoms. The lowest BCUT2D eigenvalue weighted by atomic mass is 9.91. The van der Waals surface area contributed by atoms with E-state index >= 15 is 0 Å². The van der Waals surface area contributed by atoms with E-state index in [1.165, 1.54) is 19.4 Å². The summed E-state index contributed by atoms with van der Waals surface area (Å²) in [6.45, 7) is 8.48. The fourth-order valence-corrected chi connectivity index (χ4v) is 2.94. The molecule has 2 unspecified atom stereocenters. The second-order valence-corrected chi connectivity index (χ2v) is 5.88. The van der Waals surface area contributed by atoms with Crippen molar-refractivity contribution in [2.45, 2.75) is 64.0 Å². The number of nitrogens with one attached hydrogen (secondary N) is 1.